The topological polar surface area (TPSA) is 38.3 Å². The predicted molar refractivity (Wildman–Crippen MR) is 83.9 cm³/mol. The molecule has 0 saturated heterocycles. The summed E-state index contributed by atoms with van der Waals surface area (Å²) in [7, 11) is 0. The van der Waals surface area contributed by atoms with Gasteiger partial charge in [0.05, 0.1) is 0 Å². The Morgan fingerprint density at radius 3 is 2.25 bits per heavy atom. The summed E-state index contributed by atoms with van der Waals surface area (Å²) in [5, 5.41) is 2.71. The van der Waals surface area contributed by atoms with E-state index in [1.165, 1.54) is 22.3 Å². The predicted octanol–water partition coefficient (Wildman–Crippen LogP) is 4.15. The van der Waals surface area contributed by atoms with Gasteiger partial charge in [-0.1, -0.05) is 29.8 Å². The van der Waals surface area contributed by atoms with Crippen molar-refractivity contribution >= 4 is 12.2 Å². The fourth-order valence-corrected chi connectivity index (χ4v) is 2.09. The van der Waals surface area contributed by atoms with Crippen LogP contribution in [0.1, 0.15) is 43.0 Å². The standard InChI is InChI=1S/C17H25NO2/c1-12-10-13(2)15(14(3)11-12)8-7-9-18-16(19)20-17(4,5)6/h7-8,10-11H,9H2,1-6H3,(H,18,19). The molecule has 0 unspecified atom stereocenters. The SMILES string of the molecule is Cc1cc(C)c(C=CCNC(=O)OC(C)(C)C)c(C)c1. The Labute approximate surface area is 122 Å². The van der Waals surface area contributed by atoms with Crippen molar-refractivity contribution in [3.05, 3.63) is 40.5 Å². The Morgan fingerprint density at radius 2 is 1.75 bits per heavy atom. The molecular formula is C17H25NO2. The summed E-state index contributed by atoms with van der Waals surface area (Å²) in [6.45, 7) is 12.3. The fraction of sp³-hybridized carbons (Fsp3) is 0.471. The summed E-state index contributed by atoms with van der Waals surface area (Å²) >= 11 is 0. The molecule has 110 valence electrons. The summed E-state index contributed by atoms with van der Waals surface area (Å²) in [5.41, 5.74) is 4.51. The van der Waals surface area contributed by atoms with Gasteiger partial charge in [-0.2, -0.15) is 0 Å². The zero-order valence-corrected chi connectivity index (χ0v) is 13.3. The van der Waals surface area contributed by atoms with Gasteiger partial charge in [0.15, 0.2) is 0 Å². The molecule has 1 rings (SSSR count). The van der Waals surface area contributed by atoms with E-state index in [2.05, 4.69) is 38.2 Å². The largest absolute Gasteiger partial charge is 0.444 e. The summed E-state index contributed by atoms with van der Waals surface area (Å²) in [4.78, 5) is 11.5. The Kier molecular flexibility index (Phi) is 5.37. The van der Waals surface area contributed by atoms with Crippen molar-refractivity contribution in [2.75, 3.05) is 6.54 Å². The normalized spacial score (nSPS) is 11.7. The Hall–Kier alpha value is -1.77. The average molecular weight is 275 g/mol. The first-order valence-electron chi connectivity index (χ1n) is 6.90. The van der Waals surface area contributed by atoms with Gasteiger partial charge < -0.3 is 10.1 Å². The molecule has 20 heavy (non-hydrogen) atoms. The van der Waals surface area contributed by atoms with Crippen LogP contribution in [0.2, 0.25) is 0 Å². The maximum Gasteiger partial charge on any atom is 0.407 e. The summed E-state index contributed by atoms with van der Waals surface area (Å²) in [5.74, 6) is 0. The molecule has 0 saturated carbocycles. The molecule has 3 heteroatoms. The van der Waals surface area contributed by atoms with Crippen molar-refractivity contribution in [3.8, 4) is 0 Å². The molecule has 0 spiro atoms. The minimum Gasteiger partial charge on any atom is -0.444 e. The lowest BCUT2D eigenvalue weighted by Gasteiger charge is -2.19. The Morgan fingerprint density at radius 1 is 1.20 bits per heavy atom. The molecule has 0 aliphatic carbocycles. The van der Waals surface area contributed by atoms with E-state index in [1.54, 1.807) is 0 Å². The molecule has 1 amide bonds. The lowest BCUT2D eigenvalue weighted by Crippen LogP contribution is -2.32. The van der Waals surface area contributed by atoms with Crippen LogP contribution in [-0.4, -0.2) is 18.2 Å². The molecule has 1 N–H and O–H groups in total. The summed E-state index contributed by atoms with van der Waals surface area (Å²) in [6, 6.07) is 4.32. The first-order chi connectivity index (χ1) is 9.19. The third-order valence-corrected chi connectivity index (χ3v) is 2.79. The molecule has 0 radical (unpaired) electrons. The van der Waals surface area contributed by atoms with E-state index in [-0.39, 0.29) is 6.09 Å². The van der Waals surface area contributed by atoms with Gasteiger partial charge in [0.1, 0.15) is 5.60 Å². The molecule has 0 aliphatic heterocycles. The Bertz CT molecular complexity index is 487. The number of hydrogen-bond donors (Lipinski definition) is 1. The second-order valence-electron chi connectivity index (χ2n) is 6.10. The molecule has 0 heterocycles. The summed E-state index contributed by atoms with van der Waals surface area (Å²) in [6.07, 6.45) is 3.59. The monoisotopic (exact) mass is 275 g/mol. The minimum atomic E-state index is -0.460. The van der Waals surface area contributed by atoms with Crippen LogP contribution >= 0.6 is 0 Å². The number of alkyl carbamates (subject to hydrolysis) is 1. The van der Waals surface area contributed by atoms with E-state index in [0.29, 0.717) is 6.54 Å². The highest BCUT2D eigenvalue weighted by atomic mass is 16.6. The highest BCUT2D eigenvalue weighted by Crippen LogP contribution is 2.17. The van der Waals surface area contributed by atoms with E-state index in [1.807, 2.05) is 32.9 Å². The first-order valence-corrected chi connectivity index (χ1v) is 6.90. The number of amides is 1. The van der Waals surface area contributed by atoms with Crippen LogP contribution in [0.25, 0.3) is 6.08 Å². The van der Waals surface area contributed by atoms with Crippen LogP contribution in [0.4, 0.5) is 4.79 Å². The lowest BCUT2D eigenvalue weighted by molar-refractivity contribution is 0.0534. The third kappa shape index (κ3) is 5.47. The van der Waals surface area contributed by atoms with Crippen molar-refractivity contribution < 1.29 is 9.53 Å². The molecule has 0 aromatic heterocycles. The van der Waals surface area contributed by atoms with Gasteiger partial charge in [0, 0.05) is 6.54 Å². The van der Waals surface area contributed by atoms with E-state index >= 15 is 0 Å². The van der Waals surface area contributed by atoms with Crippen molar-refractivity contribution in [2.24, 2.45) is 0 Å². The number of benzene rings is 1. The second-order valence-corrected chi connectivity index (χ2v) is 6.10. The lowest BCUT2D eigenvalue weighted by atomic mass is 9.99. The van der Waals surface area contributed by atoms with Crippen LogP contribution in [0.5, 0.6) is 0 Å². The maximum absolute atomic E-state index is 11.5. The van der Waals surface area contributed by atoms with Gasteiger partial charge in [-0.3, -0.25) is 0 Å². The molecule has 0 aliphatic rings. The van der Waals surface area contributed by atoms with Crippen LogP contribution in [0.15, 0.2) is 18.2 Å². The zero-order valence-electron chi connectivity index (χ0n) is 13.3. The van der Waals surface area contributed by atoms with E-state index in [4.69, 9.17) is 4.74 Å². The van der Waals surface area contributed by atoms with Gasteiger partial charge in [-0.25, -0.2) is 4.79 Å². The fourth-order valence-electron chi connectivity index (χ4n) is 2.09. The third-order valence-electron chi connectivity index (χ3n) is 2.79. The van der Waals surface area contributed by atoms with Gasteiger partial charge in [-0.05, 0) is 58.2 Å². The van der Waals surface area contributed by atoms with Gasteiger partial charge in [0.2, 0.25) is 0 Å². The zero-order chi connectivity index (χ0) is 15.3. The van der Waals surface area contributed by atoms with Crippen LogP contribution in [0.3, 0.4) is 0 Å². The molecular weight excluding hydrogens is 250 g/mol. The first kappa shape index (κ1) is 16.3. The number of hydrogen-bond acceptors (Lipinski definition) is 2. The van der Waals surface area contributed by atoms with E-state index in [9.17, 15) is 4.79 Å². The van der Waals surface area contributed by atoms with Gasteiger partial charge in [0.25, 0.3) is 0 Å². The summed E-state index contributed by atoms with van der Waals surface area (Å²) < 4.78 is 5.17. The Balaban J connectivity index is 2.56. The minimum absolute atomic E-state index is 0.389. The molecule has 0 fully saturated rings. The smallest absolute Gasteiger partial charge is 0.407 e. The number of ether oxygens (including phenoxy) is 1. The highest BCUT2D eigenvalue weighted by Gasteiger charge is 2.14. The van der Waals surface area contributed by atoms with Gasteiger partial charge >= 0.3 is 6.09 Å². The molecule has 3 nitrogen and oxygen atoms in total. The van der Waals surface area contributed by atoms with Gasteiger partial charge in [-0.15, -0.1) is 0 Å². The van der Waals surface area contributed by atoms with Crippen LogP contribution in [-0.2, 0) is 4.74 Å². The number of aryl methyl sites for hydroxylation is 3. The molecule has 0 bridgehead atoms. The maximum atomic E-state index is 11.5. The van der Waals surface area contributed by atoms with Crippen LogP contribution < -0.4 is 5.32 Å². The molecule has 1 aromatic carbocycles. The molecule has 0 atom stereocenters. The van der Waals surface area contributed by atoms with E-state index < -0.39 is 5.60 Å². The number of carbonyl (C=O) groups is 1. The average Bonchev–Trinajstić information content (AvgIpc) is 2.23. The number of nitrogens with one attached hydrogen (secondary N) is 1. The number of rotatable bonds is 3. The second kappa shape index (κ2) is 6.60. The van der Waals surface area contributed by atoms with E-state index in [0.717, 1.165) is 0 Å². The van der Waals surface area contributed by atoms with Crippen LogP contribution in [0, 0.1) is 20.8 Å². The van der Waals surface area contributed by atoms with Crippen molar-refractivity contribution in [3.63, 3.8) is 0 Å². The quantitative estimate of drug-likeness (QED) is 0.900. The van der Waals surface area contributed by atoms with Crippen molar-refractivity contribution in [1.29, 1.82) is 0 Å². The number of carbonyl (C=O) groups excluding carboxylic acids is 1. The highest BCUT2D eigenvalue weighted by molar-refractivity contribution is 5.68. The van der Waals surface area contributed by atoms with Crippen molar-refractivity contribution in [1.82, 2.24) is 5.32 Å². The van der Waals surface area contributed by atoms with Crippen molar-refractivity contribution in [2.45, 2.75) is 47.1 Å². The molecule has 1 aromatic rings.